The lowest BCUT2D eigenvalue weighted by atomic mass is 9.98. The molecule has 146 valence electrons. The molecule has 1 aliphatic heterocycles. The van der Waals surface area contributed by atoms with Gasteiger partial charge in [0, 0.05) is 16.6 Å². The quantitative estimate of drug-likeness (QED) is 0.646. The normalized spacial score (nSPS) is 14.9. The van der Waals surface area contributed by atoms with Gasteiger partial charge in [-0.15, -0.1) is 0 Å². The highest BCUT2D eigenvalue weighted by Crippen LogP contribution is 2.36. The molecule has 0 saturated carbocycles. The Morgan fingerprint density at radius 3 is 2.56 bits per heavy atom. The van der Waals surface area contributed by atoms with Crippen molar-refractivity contribution < 1.29 is 9.47 Å². The van der Waals surface area contributed by atoms with Crippen LogP contribution in [0.5, 0.6) is 11.5 Å². The van der Waals surface area contributed by atoms with Crippen LogP contribution in [0.15, 0.2) is 40.9 Å². The van der Waals surface area contributed by atoms with Crippen molar-refractivity contribution in [2.75, 3.05) is 26.7 Å². The third-order valence-electron chi connectivity index (χ3n) is 5.08. The summed E-state index contributed by atoms with van der Waals surface area (Å²) in [7, 11) is 1.69. The van der Waals surface area contributed by atoms with E-state index in [2.05, 4.69) is 57.8 Å². The second-order valence-corrected chi connectivity index (χ2v) is 8.01. The zero-order chi connectivity index (χ0) is 19.1. The molecule has 3 rings (SSSR count). The summed E-state index contributed by atoms with van der Waals surface area (Å²) in [5.74, 6) is 2.32. The molecule has 2 aromatic carbocycles. The van der Waals surface area contributed by atoms with Crippen LogP contribution in [-0.4, -0.2) is 26.7 Å². The van der Waals surface area contributed by atoms with Gasteiger partial charge in [0.05, 0.1) is 7.11 Å². The monoisotopic (exact) mass is 432 g/mol. The number of hydrogen-bond acceptors (Lipinski definition) is 4. The number of rotatable bonds is 8. The van der Waals surface area contributed by atoms with Crippen LogP contribution in [0.4, 0.5) is 0 Å². The third-order valence-corrected chi connectivity index (χ3v) is 5.83. The molecule has 27 heavy (non-hydrogen) atoms. The van der Waals surface area contributed by atoms with Crippen LogP contribution in [0.25, 0.3) is 0 Å². The highest BCUT2D eigenvalue weighted by Gasteiger charge is 2.17. The van der Waals surface area contributed by atoms with Gasteiger partial charge in [-0.1, -0.05) is 45.8 Å². The average molecular weight is 433 g/mol. The lowest BCUT2D eigenvalue weighted by molar-refractivity contribution is 0.279. The summed E-state index contributed by atoms with van der Waals surface area (Å²) in [6.07, 6.45) is 2.48. The Morgan fingerprint density at radius 2 is 1.85 bits per heavy atom. The first-order chi connectivity index (χ1) is 13.2. The second-order valence-electron chi connectivity index (χ2n) is 7.16. The number of hydrogen-bond donors (Lipinski definition) is 2. The van der Waals surface area contributed by atoms with Gasteiger partial charge in [0.25, 0.3) is 0 Å². The molecule has 0 unspecified atom stereocenters. The van der Waals surface area contributed by atoms with Crippen LogP contribution >= 0.6 is 15.9 Å². The summed E-state index contributed by atoms with van der Waals surface area (Å²) >= 11 is 3.69. The molecule has 2 aromatic rings. The molecular formula is C22H29BrN2O2. The van der Waals surface area contributed by atoms with Gasteiger partial charge >= 0.3 is 0 Å². The Balaban J connectivity index is 1.68. The standard InChI is InChI=1S/C22H29BrN2O2/c1-16-3-5-18(6-4-16)15-27-22-19(20(23)7-8-21(22)26-2)14-25-13-17-9-11-24-12-10-17/h3-8,17,24-25H,9-15H2,1-2H3. The van der Waals surface area contributed by atoms with Crippen molar-refractivity contribution in [2.24, 2.45) is 5.92 Å². The van der Waals surface area contributed by atoms with E-state index in [0.717, 1.165) is 59.2 Å². The van der Waals surface area contributed by atoms with Crippen LogP contribution in [-0.2, 0) is 13.2 Å². The van der Waals surface area contributed by atoms with E-state index in [1.54, 1.807) is 7.11 Å². The van der Waals surface area contributed by atoms with E-state index < -0.39 is 0 Å². The summed E-state index contributed by atoms with van der Waals surface area (Å²) < 4.78 is 12.8. The van der Waals surface area contributed by atoms with E-state index >= 15 is 0 Å². The first-order valence-corrected chi connectivity index (χ1v) is 10.4. The number of halogens is 1. The molecule has 0 aromatic heterocycles. The van der Waals surface area contributed by atoms with Gasteiger partial charge in [-0.05, 0) is 63.0 Å². The topological polar surface area (TPSA) is 42.5 Å². The molecule has 0 radical (unpaired) electrons. The molecule has 4 nitrogen and oxygen atoms in total. The number of aryl methyl sites for hydroxylation is 1. The molecule has 5 heteroatoms. The first kappa shape index (κ1) is 20.2. The highest BCUT2D eigenvalue weighted by atomic mass is 79.9. The van der Waals surface area contributed by atoms with Gasteiger partial charge in [0.15, 0.2) is 11.5 Å². The van der Waals surface area contributed by atoms with Crippen LogP contribution < -0.4 is 20.1 Å². The van der Waals surface area contributed by atoms with Gasteiger partial charge in [-0.2, -0.15) is 0 Å². The predicted molar refractivity (Wildman–Crippen MR) is 114 cm³/mol. The largest absolute Gasteiger partial charge is 0.493 e. The minimum atomic E-state index is 0.522. The Morgan fingerprint density at radius 1 is 1.11 bits per heavy atom. The predicted octanol–water partition coefficient (Wildman–Crippen LogP) is 4.43. The average Bonchev–Trinajstić information content (AvgIpc) is 2.70. The number of ether oxygens (including phenoxy) is 2. The zero-order valence-electron chi connectivity index (χ0n) is 16.2. The molecule has 1 aliphatic rings. The summed E-state index contributed by atoms with van der Waals surface area (Å²) in [5.41, 5.74) is 3.51. The lowest BCUT2D eigenvalue weighted by Gasteiger charge is -2.23. The maximum atomic E-state index is 6.20. The van der Waals surface area contributed by atoms with E-state index in [1.807, 2.05) is 12.1 Å². The fourth-order valence-corrected chi connectivity index (χ4v) is 3.85. The SMILES string of the molecule is COc1ccc(Br)c(CNCC2CCNCC2)c1OCc1ccc(C)cc1. The number of methoxy groups -OCH3 is 1. The fraction of sp³-hybridized carbons (Fsp3) is 0.455. The molecule has 0 bridgehead atoms. The Kier molecular flexibility index (Phi) is 7.56. The first-order valence-electron chi connectivity index (χ1n) is 9.62. The number of piperidine rings is 1. The summed E-state index contributed by atoms with van der Waals surface area (Å²) in [6.45, 7) is 6.65. The maximum Gasteiger partial charge on any atom is 0.167 e. The van der Waals surface area contributed by atoms with E-state index in [-0.39, 0.29) is 0 Å². The molecule has 0 atom stereocenters. The molecule has 0 aliphatic carbocycles. The number of nitrogens with one attached hydrogen (secondary N) is 2. The fourth-order valence-electron chi connectivity index (χ4n) is 3.39. The van der Waals surface area contributed by atoms with Gasteiger partial charge in [0.1, 0.15) is 6.61 Å². The van der Waals surface area contributed by atoms with Gasteiger partial charge in [-0.3, -0.25) is 0 Å². The highest BCUT2D eigenvalue weighted by molar-refractivity contribution is 9.10. The maximum absolute atomic E-state index is 6.20. The van der Waals surface area contributed by atoms with Crippen molar-refractivity contribution in [3.05, 3.63) is 57.6 Å². The Bertz CT molecular complexity index is 728. The van der Waals surface area contributed by atoms with Crippen molar-refractivity contribution in [3.8, 4) is 11.5 Å². The minimum absolute atomic E-state index is 0.522. The Labute approximate surface area is 170 Å². The number of benzene rings is 2. The summed E-state index contributed by atoms with van der Waals surface area (Å²) in [5, 5.41) is 7.04. The molecule has 1 saturated heterocycles. The Hall–Kier alpha value is -1.56. The van der Waals surface area contributed by atoms with Gasteiger partial charge in [-0.25, -0.2) is 0 Å². The van der Waals surface area contributed by atoms with E-state index in [0.29, 0.717) is 6.61 Å². The molecule has 2 N–H and O–H groups in total. The van der Waals surface area contributed by atoms with Crippen molar-refractivity contribution in [1.82, 2.24) is 10.6 Å². The van der Waals surface area contributed by atoms with E-state index in [1.165, 1.54) is 18.4 Å². The van der Waals surface area contributed by atoms with Gasteiger partial charge in [0.2, 0.25) is 0 Å². The van der Waals surface area contributed by atoms with Crippen LogP contribution in [0.3, 0.4) is 0 Å². The van der Waals surface area contributed by atoms with Crippen molar-refractivity contribution in [3.63, 3.8) is 0 Å². The van der Waals surface area contributed by atoms with Crippen molar-refractivity contribution >= 4 is 15.9 Å². The van der Waals surface area contributed by atoms with Crippen LogP contribution in [0.1, 0.15) is 29.5 Å². The van der Waals surface area contributed by atoms with Crippen LogP contribution in [0.2, 0.25) is 0 Å². The third kappa shape index (κ3) is 5.71. The van der Waals surface area contributed by atoms with Crippen molar-refractivity contribution in [1.29, 1.82) is 0 Å². The summed E-state index contributed by atoms with van der Waals surface area (Å²) in [4.78, 5) is 0. The molecule has 1 fully saturated rings. The van der Waals surface area contributed by atoms with E-state index in [4.69, 9.17) is 9.47 Å². The van der Waals surface area contributed by atoms with Crippen LogP contribution in [0, 0.1) is 12.8 Å². The lowest BCUT2D eigenvalue weighted by Crippen LogP contribution is -2.33. The zero-order valence-corrected chi connectivity index (χ0v) is 17.8. The van der Waals surface area contributed by atoms with Gasteiger partial charge < -0.3 is 20.1 Å². The molecule has 0 spiro atoms. The smallest absolute Gasteiger partial charge is 0.167 e. The molecular weight excluding hydrogens is 404 g/mol. The minimum Gasteiger partial charge on any atom is -0.493 e. The second kappa shape index (κ2) is 10.1. The van der Waals surface area contributed by atoms with E-state index in [9.17, 15) is 0 Å². The summed E-state index contributed by atoms with van der Waals surface area (Å²) in [6, 6.07) is 12.4. The molecule has 1 heterocycles. The van der Waals surface area contributed by atoms with Crippen molar-refractivity contribution in [2.45, 2.75) is 32.9 Å². The molecule has 0 amide bonds.